The van der Waals surface area contributed by atoms with Crippen LogP contribution in [0.1, 0.15) is 19.3 Å². The molecule has 2 rings (SSSR count). The molecule has 19 heavy (non-hydrogen) atoms. The first-order valence-electron chi connectivity index (χ1n) is 7.01. The van der Waals surface area contributed by atoms with Crippen molar-refractivity contribution in [1.82, 2.24) is 4.90 Å². The Hall–Kier alpha value is -1.29. The number of nitrogens with zero attached hydrogens (tertiary/aromatic N) is 2. The lowest BCUT2D eigenvalue weighted by Gasteiger charge is -2.30. The highest BCUT2D eigenvalue weighted by atomic mass is 19.1. The highest BCUT2D eigenvalue weighted by molar-refractivity contribution is 5.53. The van der Waals surface area contributed by atoms with Crippen LogP contribution in [0, 0.1) is 11.7 Å². The highest BCUT2D eigenvalue weighted by Crippen LogP contribution is 2.23. The molecule has 2 N–H and O–H groups in total. The fraction of sp³-hybridized carbons (Fsp3) is 0.600. The van der Waals surface area contributed by atoms with Crippen LogP contribution in [0.2, 0.25) is 0 Å². The molecule has 1 aromatic rings. The van der Waals surface area contributed by atoms with Gasteiger partial charge in [0.2, 0.25) is 0 Å². The topological polar surface area (TPSA) is 32.5 Å². The van der Waals surface area contributed by atoms with E-state index < -0.39 is 0 Å². The predicted molar refractivity (Wildman–Crippen MR) is 78.9 cm³/mol. The summed E-state index contributed by atoms with van der Waals surface area (Å²) in [6.45, 7) is 3.37. The molecular formula is C15H24FN3. The molecule has 0 saturated carbocycles. The smallest absolute Gasteiger partial charge is 0.148 e. The van der Waals surface area contributed by atoms with Crippen molar-refractivity contribution in [1.29, 1.82) is 0 Å². The fourth-order valence-electron chi connectivity index (χ4n) is 2.61. The average Bonchev–Trinajstić information content (AvgIpc) is 2.41. The van der Waals surface area contributed by atoms with Gasteiger partial charge in [-0.05, 0) is 63.5 Å². The molecule has 106 valence electrons. The number of anilines is 2. The van der Waals surface area contributed by atoms with E-state index in [1.54, 1.807) is 6.07 Å². The predicted octanol–water partition coefficient (Wildman–Crippen LogP) is 2.58. The summed E-state index contributed by atoms with van der Waals surface area (Å²) >= 11 is 0. The molecular weight excluding hydrogens is 241 g/mol. The van der Waals surface area contributed by atoms with Crippen LogP contribution < -0.4 is 10.6 Å². The molecule has 0 spiro atoms. The quantitative estimate of drug-likeness (QED) is 0.849. The molecule has 1 aliphatic rings. The number of nitrogens with two attached hydrogens (primary N) is 1. The van der Waals surface area contributed by atoms with Crippen molar-refractivity contribution < 1.29 is 4.39 Å². The van der Waals surface area contributed by atoms with Crippen LogP contribution in [0.4, 0.5) is 15.8 Å². The van der Waals surface area contributed by atoms with Crippen molar-refractivity contribution in [3.05, 3.63) is 24.0 Å². The first kappa shape index (κ1) is 14.1. The van der Waals surface area contributed by atoms with Crippen LogP contribution in [0.3, 0.4) is 0 Å². The zero-order chi connectivity index (χ0) is 13.8. The summed E-state index contributed by atoms with van der Waals surface area (Å²) in [5.41, 5.74) is 6.61. The number of hydrogen-bond acceptors (Lipinski definition) is 3. The lowest BCUT2D eigenvalue weighted by atomic mass is 9.93. The molecule has 0 unspecified atom stereocenters. The average molecular weight is 265 g/mol. The Bertz CT molecular complexity index is 414. The summed E-state index contributed by atoms with van der Waals surface area (Å²) < 4.78 is 13.4. The number of halogens is 1. The lowest BCUT2D eigenvalue weighted by Crippen LogP contribution is -2.32. The van der Waals surface area contributed by atoms with E-state index in [1.807, 2.05) is 13.1 Å². The van der Waals surface area contributed by atoms with Gasteiger partial charge in [-0.2, -0.15) is 0 Å². The van der Waals surface area contributed by atoms with Gasteiger partial charge in [-0.25, -0.2) is 4.39 Å². The Morgan fingerprint density at radius 2 is 2.05 bits per heavy atom. The van der Waals surface area contributed by atoms with E-state index in [0.29, 0.717) is 0 Å². The lowest BCUT2D eigenvalue weighted by molar-refractivity contribution is 0.213. The Balaban J connectivity index is 1.83. The highest BCUT2D eigenvalue weighted by Gasteiger charge is 2.17. The molecule has 1 aromatic carbocycles. The summed E-state index contributed by atoms with van der Waals surface area (Å²) in [7, 11) is 4.19. The SMILES string of the molecule is CN1CCC(CCN(C)c2ccc(N)c(F)c2)CC1. The number of likely N-dealkylation sites (tertiary alicyclic amines) is 1. The number of nitrogen functional groups attached to an aromatic ring is 1. The van der Waals surface area contributed by atoms with Gasteiger partial charge in [-0.3, -0.25) is 0 Å². The van der Waals surface area contributed by atoms with Crippen molar-refractivity contribution >= 4 is 11.4 Å². The van der Waals surface area contributed by atoms with E-state index in [1.165, 1.54) is 38.4 Å². The first-order valence-corrected chi connectivity index (χ1v) is 7.01. The van der Waals surface area contributed by atoms with E-state index >= 15 is 0 Å². The van der Waals surface area contributed by atoms with Gasteiger partial charge in [0.25, 0.3) is 0 Å². The van der Waals surface area contributed by atoms with Gasteiger partial charge >= 0.3 is 0 Å². The Morgan fingerprint density at radius 3 is 2.68 bits per heavy atom. The van der Waals surface area contributed by atoms with Gasteiger partial charge in [-0.1, -0.05) is 0 Å². The monoisotopic (exact) mass is 265 g/mol. The van der Waals surface area contributed by atoms with Crippen LogP contribution in [-0.4, -0.2) is 38.6 Å². The largest absolute Gasteiger partial charge is 0.396 e. The van der Waals surface area contributed by atoms with Gasteiger partial charge in [0.1, 0.15) is 5.82 Å². The molecule has 0 aromatic heterocycles. The van der Waals surface area contributed by atoms with Crippen LogP contribution in [0.15, 0.2) is 18.2 Å². The number of rotatable bonds is 4. The van der Waals surface area contributed by atoms with Gasteiger partial charge in [0, 0.05) is 19.3 Å². The standard InChI is InChI=1S/C15H24FN3/c1-18-8-5-12(6-9-18)7-10-19(2)13-3-4-15(17)14(16)11-13/h3-4,11-12H,5-10,17H2,1-2H3. The molecule has 0 atom stereocenters. The van der Waals surface area contributed by atoms with Gasteiger partial charge in [0.15, 0.2) is 0 Å². The van der Waals surface area contributed by atoms with Crippen molar-refractivity contribution in [2.45, 2.75) is 19.3 Å². The molecule has 0 amide bonds. The van der Waals surface area contributed by atoms with Crippen molar-refractivity contribution in [3.8, 4) is 0 Å². The Labute approximate surface area is 115 Å². The fourth-order valence-corrected chi connectivity index (χ4v) is 2.61. The van der Waals surface area contributed by atoms with Gasteiger partial charge in [0.05, 0.1) is 5.69 Å². The summed E-state index contributed by atoms with van der Waals surface area (Å²) in [5.74, 6) is 0.473. The Morgan fingerprint density at radius 1 is 1.37 bits per heavy atom. The van der Waals surface area contributed by atoms with E-state index in [0.717, 1.165) is 18.2 Å². The second kappa shape index (κ2) is 6.24. The third-order valence-corrected chi connectivity index (χ3v) is 4.14. The van der Waals surface area contributed by atoms with E-state index in [2.05, 4.69) is 16.8 Å². The molecule has 0 aliphatic carbocycles. The third-order valence-electron chi connectivity index (χ3n) is 4.14. The Kier molecular flexibility index (Phi) is 4.64. The maximum absolute atomic E-state index is 13.4. The van der Waals surface area contributed by atoms with E-state index in [4.69, 9.17) is 5.73 Å². The molecule has 3 nitrogen and oxygen atoms in total. The second-order valence-corrected chi connectivity index (χ2v) is 5.66. The summed E-state index contributed by atoms with van der Waals surface area (Å²) in [4.78, 5) is 4.50. The van der Waals surface area contributed by atoms with Crippen LogP contribution in [0.5, 0.6) is 0 Å². The van der Waals surface area contributed by atoms with E-state index in [9.17, 15) is 4.39 Å². The minimum atomic E-state index is -0.330. The summed E-state index contributed by atoms with van der Waals surface area (Å²) in [6, 6.07) is 5.04. The maximum atomic E-state index is 13.4. The first-order chi connectivity index (χ1) is 9.06. The summed E-state index contributed by atoms with van der Waals surface area (Å²) in [6.07, 6.45) is 3.73. The zero-order valence-electron chi connectivity index (χ0n) is 11.9. The molecule has 1 aliphatic heterocycles. The van der Waals surface area contributed by atoms with Crippen molar-refractivity contribution in [2.24, 2.45) is 5.92 Å². The normalized spacial score (nSPS) is 17.6. The molecule has 1 heterocycles. The summed E-state index contributed by atoms with van der Waals surface area (Å²) in [5, 5.41) is 0. The van der Waals surface area contributed by atoms with Crippen LogP contribution in [-0.2, 0) is 0 Å². The molecule has 1 saturated heterocycles. The second-order valence-electron chi connectivity index (χ2n) is 5.66. The molecule has 0 radical (unpaired) electrons. The van der Waals surface area contributed by atoms with Gasteiger partial charge in [-0.15, -0.1) is 0 Å². The number of benzene rings is 1. The zero-order valence-corrected chi connectivity index (χ0v) is 11.9. The van der Waals surface area contributed by atoms with Crippen molar-refractivity contribution in [3.63, 3.8) is 0 Å². The maximum Gasteiger partial charge on any atom is 0.148 e. The van der Waals surface area contributed by atoms with Crippen molar-refractivity contribution in [2.75, 3.05) is 44.4 Å². The number of hydrogen-bond donors (Lipinski definition) is 1. The van der Waals surface area contributed by atoms with E-state index in [-0.39, 0.29) is 11.5 Å². The number of piperidine rings is 1. The molecule has 0 bridgehead atoms. The third kappa shape index (κ3) is 3.83. The van der Waals surface area contributed by atoms with Crippen LogP contribution in [0.25, 0.3) is 0 Å². The van der Waals surface area contributed by atoms with Gasteiger partial charge < -0.3 is 15.5 Å². The minimum Gasteiger partial charge on any atom is -0.396 e. The minimum absolute atomic E-state index is 0.215. The van der Waals surface area contributed by atoms with Crippen LogP contribution >= 0.6 is 0 Å². The molecule has 4 heteroatoms. The molecule has 1 fully saturated rings.